The molecule has 0 aromatic heterocycles. The number of carbonyl (C=O) groups is 1. The highest BCUT2D eigenvalue weighted by atomic mass is 35.5. The maximum Gasteiger partial charge on any atom is 0.320 e. The SMILES string of the molecule is CCCCCCCCCCCCCC[C@@H](C(=O)O)N(C)C.Cl. The van der Waals surface area contributed by atoms with E-state index in [9.17, 15) is 4.79 Å². The Bertz CT molecular complexity index is 247. The minimum Gasteiger partial charge on any atom is -0.480 e. The zero-order valence-corrected chi connectivity index (χ0v) is 15.8. The number of halogens is 1. The third-order valence-corrected chi connectivity index (χ3v) is 4.24. The summed E-state index contributed by atoms with van der Waals surface area (Å²) in [7, 11) is 3.69. The molecule has 0 fully saturated rings. The summed E-state index contributed by atoms with van der Waals surface area (Å²) in [6.45, 7) is 2.26. The molecule has 3 nitrogen and oxygen atoms in total. The third kappa shape index (κ3) is 14.6. The minimum atomic E-state index is -0.692. The summed E-state index contributed by atoms with van der Waals surface area (Å²) in [5.41, 5.74) is 0. The Hall–Kier alpha value is -0.280. The monoisotopic (exact) mass is 335 g/mol. The average Bonchev–Trinajstić information content (AvgIpc) is 2.43. The van der Waals surface area contributed by atoms with E-state index in [1.807, 2.05) is 14.1 Å². The molecule has 0 unspecified atom stereocenters. The molecule has 0 radical (unpaired) electrons. The summed E-state index contributed by atoms with van der Waals surface area (Å²) in [5, 5.41) is 9.08. The van der Waals surface area contributed by atoms with Crippen LogP contribution in [0.3, 0.4) is 0 Å². The molecule has 0 aliphatic heterocycles. The first-order chi connectivity index (χ1) is 10.1. The van der Waals surface area contributed by atoms with Crippen molar-refractivity contribution in [1.29, 1.82) is 0 Å². The molecule has 22 heavy (non-hydrogen) atoms. The van der Waals surface area contributed by atoms with Crippen molar-refractivity contribution in [3.05, 3.63) is 0 Å². The van der Waals surface area contributed by atoms with Crippen LogP contribution in [0.1, 0.15) is 90.4 Å². The summed E-state index contributed by atoms with van der Waals surface area (Å²) < 4.78 is 0. The quantitative estimate of drug-likeness (QED) is 0.401. The molecular formula is C18H38ClNO2. The van der Waals surface area contributed by atoms with Crippen LogP contribution in [0, 0.1) is 0 Å². The molecule has 0 aliphatic rings. The molecule has 0 aliphatic carbocycles. The predicted octanol–water partition coefficient (Wildman–Crippen LogP) is 5.51. The molecule has 0 saturated carbocycles. The predicted molar refractivity (Wildman–Crippen MR) is 98.1 cm³/mol. The second kappa shape index (κ2) is 17.1. The fraction of sp³-hybridized carbons (Fsp3) is 0.944. The Morgan fingerprint density at radius 1 is 0.818 bits per heavy atom. The van der Waals surface area contributed by atoms with Crippen LogP contribution in [-0.4, -0.2) is 36.1 Å². The van der Waals surface area contributed by atoms with Gasteiger partial charge >= 0.3 is 5.97 Å². The molecule has 1 atom stereocenters. The zero-order chi connectivity index (χ0) is 15.9. The molecule has 0 bridgehead atoms. The lowest BCUT2D eigenvalue weighted by atomic mass is 10.0. The molecule has 0 saturated heterocycles. The van der Waals surface area contributed by atoms with Gasteiger partial charge in [0.15, 0.2) is 0 Å². The Balaban J connectivity index is 0. The number of unbranched alkanes of at least 4 members (excludes halogenated alkanes) is 11. The molecule has 1 N–H and O–H groups in total. The van der Waals surface area contributed by atoms with Crippen LogP contribution in [0.4, 0.5) is 0 Å². The lowest BCUT2D eigenvalue weighted by Gasteiger charge is -2.19. The normalized spacial score (nSPS) is 12.2. The van der Waals surface area contributed by atoms with Gasteiger partial charge in [0.25, 0.3) is 0 Å². The van der Waals surface area contributed by atoms with Crippen LogP contribution in [0.5, 0.6) is 0 Å². The smallest absolute Gasteiger partial charge is 0.320 e. The van der Waals surface area contributed by atoms with E-state index in [1.54, 1.807) is 4.90 Å². The van der Waals surface area contributed by atoms with E-state index in [1.165, 1.54) is 70.6 Å². The standard InChI is InChI=1S/C18H37NO2.ClH/c1-4-5-6-7-8-9-10-11-12-13-14-15-16-17(18(20)21)19(2)3;/h17H,4-16H2,1-3H3,(H,20,21);1H/t17-;/m0./s1. The third-order valence-electron chi connectivity index (χ3n) is 4.24. The highest BCUT2D eigenvalue weighted by Gasteiger charge is 2.18. The first kappa shape index (κ1) is 24.0. The number of carboxylic acid groups (broad SMARTS) is 1. The van der Waals surface area contributed by atoms with Gasteiger partial charge in [-0.1, -0.05) is 84.0 Å². The molecule has 134 valence electrons. The van der Waals surface area contributed by atoms with Crippen LogP contribution >= 0.6 is 12.4 Å². The lowest BCUT2D eigenvalue weighted by molar-refractivity contribution is -0.142. The Kier molecular flexibility index (Phi) is 18.6. The van der Waals surface area contributed by atoms with Crippen molar-refractivity contribution >= 4 is 18.4 Å². The van der Waals surface area contributed by atoms with E-state index in [4.69, 9.17) is 5.11 Å². The number of hydrogen-bond acceptors (Lipinski definition) is 2. The van der Waals surface area contributed by atoms with Crippen molar-refractivity contribution in [2.45, 2.75) is 96.4 Å². The Labute approximate surface area is 144 Å². The maximum absolute atomic E-state index is 11.0. The van der Waals surface area contributed by atoms with Crippen LogP contribution in [-0.2, 0) is 4.79 Å². The molecule has 0 amide bonds. The van der Waals surface area contributed by atoms with Crippen LogP contribution in [0.15, 0.2) is 0 Å². The van der Waals surface area contributed by atoms with Crippen molar-refractivity contribution in [3.63, 3.8) is 0 Å². The van der Waals surface area contributed by atoms with E-state index < -0.39 is 5.97 Å². The van der Waals surface area contributed by atoms with Crippen molar-refractivity contribution in [2.24, 2.45) is 0 Å². The van der Waals surface area contributed by atoms with Gasteiger partial charge in [-0.2, -0.15) is 0 Å². The number of rotatable bonds is 15. The van der Waals surface area contributed by atoms with Gasteiger partial charge in [0.1, 0.15) is 6.04 Å². The summed E-state index contributed by atoms with van der Waals surface area (Å²) in [6.07, 6.45) is 16.6. The van der Waals surface area contributed by atoms with E-state index in [2.05, 4.69) is 6.92 Å². The van der Waals surface area contributed by atoms with Crippen molar-refractivity contribution in [3.8, 4) is 0 Å². The number of carboxylic acids is 1. The fourth-order valence-corrected chi connectivity index (χ4v) is 2.78. The van der Waals surface area contributed by atoms with Crippen molar-refractivity contribution in [2.75, 3.05) is 14.1 Å². The molecule has 0 spiro atoms. The van der Waals surface area contributed by atoms with Gasteiger partial charge in [-0.25, -0.2) is 0 Å². The van der Waals surface area contributed by atoms with Gasteiger partial charge in [-0.05, 0) is 20.5 Å². The summed E-state index contributed by atoms with van der Waals surface area (Å²) in [6, 6.07) is -0.312. The van der Waals surface area contributed by atoms with Crippen molar-refractivity contribution < 1.29 is 9.90 Å². The number of hydrogen-bond donors (Lipinski definition) is 1. The highest BCUT2D eigenvalue weighted by Crippen LogP contribution is 2.13. The topological polar surface area (TPSA) is 40.5 Å². The van der Waals surface area contributed by atoms with E-state index in [0.29, 0.717) is 0 Å². The molecule has 0 heterocycles. The number of likely N-dealkylation sites (N-methyl/N-ethyl adjacent to an activating group) is 1. The van der Waals surface area contributed by atoms with E-state index >= 15 is 0 Å². The van der Waals surface area contributed by atoms with Gasteiger partial charge in [0, 0.05) is 0 Å². The maximum atomic E-state index is 11.0. The Morgan fingerprint density at radius 3 is 1.50 bits per heavy atom. The molecule has 0 aromatic carbocycles. The van der Waals surface area contributed by atoms with Gasteiger partial charge < -0.3 is 5.11 Å². The second-order valence-corrected chi connectivity index (χ2v) is 6.50. The van der Waals surface area contributed by atoms with Crippen LogP contribution in [0.2, 0.25) is 0 Å². The Morgan fingerprint density at radius 2 is 1.18 bits per heavy atom. The molecule has 4 heteroatoms. The van der Waals surface area contributed by atoms with E-state index in [0.717, 1.165) is 12.8 Å². The molecular weight excluding hydrogens is 298 g/mol. The van der Waals surface area contributed by atoms with Gasteiger partial charge in [-0.15, -0.1) is 12.4 Å². The second-order valence-electron chi connectivity index (χ2n) is 6.50. The van der Waals surface area contributed by atoms with Gasteiger partial charge in [-0.3, -0.25) is 9.69 Å². The first-order valence-corrected chi connectivity index (χ1v) is 8.98. The van der Waals surface area contributed by atoms with Gasteiger partial charge in [0.05, 0.1) is 0 Å². The zero-order valence-electron chi connectivity index (χ0n) is 15.0. The fourth-order valence-electron chi connectivity index (χ4n) is 2.78. The van der Waals surface area contributed by atoms with Crippen LogP contribution in [0.25, 0.3) is 0 Å². The summed E-state index contributed by atoms with van der Waals surface area (Å²) in [4.78, 5) is 12.8. The average molecular weight is 336 g/mol. The lowest BCUT2D eigenvalue weighted by Crippen LogP contribution is -2.35. The van der Waals surface area contributed by atoms with Crippen LogP contribution < -0.4 is 0 Å². The highest BCUT2D eigenvalue weighted by molar-refractivity contribution is 5.85. The summed E-state index contributed by atoms with van der Waals surface area (Å²) >= 11 is 0. The van der Waals surface area contributed by atoms with Crippen molar-refractivity contribution in [1.82, 2.24) is 4.90 Å². The largest absolute Gasteiger partial charge is 0.480 e. The van der Waals surface area contributed by atoms with Gasteiger partial charge in [0.2, 0.25) is 0 Å². The molecule has 0 rings (SSSR count). The number of aliphatic carboxylic acids is 1. The first-order valence-electron chi connectivity index (χ1n) is 8.98. The number of nitrogens with zero attached hydrogens (tertiary/aromatic N) is 1. The molecule has 0 aromatic rings. The van der Waals surface area contributed by atoms with E-state index in [-0.39, 0.29) is 18.4 Å². The summed E-state index contributed by atoms with van der Waals surface area (Å²) in [5.74, 6) is -0.692. The minimum absolute atomic E-state index is 0.